The lowest BCUT2D eigenvalue weighted by Crippen LogP contribution is -2.46. The standard InChI is InChI=1S/C22H25N4O4/c1-15-12-16(9-10-26(15)23)21-24-13-20(30-19-8-4-3-7-18(19)27-2)22(25-21)29-14-17-6-5-11-28-17/h3-4,7-10,12-13,17H,5-6,11,14,23H2,1-2H3/q+1. The second-order valence-corrected chi connectivity index (χ2v) is 7.03. The van der Waals surface area contributed by atoms with Crippen LogP contribution in [0.4, 0.5) is 0 Å². The topological polar surface area (TPSA) is 92.6 Å². The minimum Gasteiger partial charge on any atom is -0.493 e. The van der Waals surface area contributed by atoms with Gasteiger partial charge < -0.3 is 18.9 Å². The fourth-order valence-corrected chi connectivity index (χ4v) is 3.20. The quantitative estimate of drug-likeness (QED) is 0.474. The van der Waals surface area contributed by atoms with Gasteiger partial charge in [-0.25, -0.2) is 10.8 Å². The van der Waals surface area contributed by atoms with E-state index < -0.39 is 0 Å². The number of hydrogen-bond donors (Lipinski definition) is 1. The van der Waals surface area contributed by atoms with Crippen molar-refractivity contribution in [1.29, 1.82) is 0 Å². The Morgan fingerprint density at radius 2 is 2.03 bits per heavy atom. The van der Waals surface area contributed by atoms with E-state index in [0.717, 1.165) is 30.7 Å². The van der Waals surface area contributed by atoms with E-state index >= 15 is 0 Å². The number of aromatic nitrogens is 3. The van der Waals surface area contributed by atoms with Crippen molar-refractivity contribution in [3.8, 4) is 34.5 Å². The Morgan fingerprint density at radius 3 is 2.77 bits per heavy atom. The molecule has 0 radical (unpaired) electrons. The fraction of sp³-hybridized carbons (Fsp3) is 0.318. The minimum atomic E-state index is 0.0534. The number of methoxy groups -OCH3 is 1. The molecule has 0 amide bonds. The molecule has 0 aliphatic carbocycles. The highest BCUT2D eigenvalue weighted by molar-refractivity contribution is 5.56. The second kappa shape index (κ2) is 8.96. The molecular formula is C22H25N4O4+. The zero-order valence-electron chi connectivity index (χ0n) is 17.1. The molecule has 2 aromatic heterocycles. The molecule has 1 aliphatic rings. The maximum absolute atomic E-state index is 6.04. The highest BCUT2D eigenvalue weighted by Gasteiger charge is 2.20. The van der Waals surface area contributed by atoms with Crippen LogP contribution in [0.5, 0.6) is 23.1 Å². The SMILES string of the molecule is COc1ccccc1Oc1cnc(-c2cc[n+](N)c(C)c2)nc1OCC1CCCO1. The lowest BCUT2D eigenvalue weighted by atomic mass is 10.2. The molecule has 1 aromatic carbocycles. The molecule has 4 rings (SSSR count). The molecule has 0 saturated carbocycles. The summed E-state index contributed by atoms with van der Waals surface area (Å²) < 4.78 is 24.6. The number of nitrogen functional groups attached to an aromatic ring is 1. The lowest BCUT2D eigenvalue weighted by Gasteiger charge is -2.15. The van der Waals surface area contributed by atoms with Gasteiger partial charge >= 0.3 is 0 Å². The Balaban J connectivity index is 1.66. The van der Waals surface area contributed by atoms with Gasteiger partial charge in [0.15, 0.2) is 23.5 Å². The summed E-state index contributed by atoms with van der Waals surface area (Å²) in [5.74, 6) is 8.30. The molecule has 0 bridgehead atoms. The first-order chi connectivity index (χ1) is 14.6. The minimum absolute atomic E-state index is 0.0534. The first-order valence-corrected chi connectivity index (χ1v) is 9.84. The molecule has 1 saturated heterocycles. The molecular weight excluding hydrogens is 384 g/mol. The summed E-state index contributed by atoms with van der Waals surface area (Å²) in [4.78, 5) is 9.10. The molecule has 1 aliphatic heterocycles. The normalized spacial score (nSPS) is 15.7. The van der Waals surface area contributed by atoms with E-state index in [0.29, 0.717) is 35.6 Å². The molecule has 8 heteroatoms. The highest BCUT2D eigenvalue weighted by atomic mass is 16.6. The summed E-state index contributed by atoms with van der Waals surface area (Å²) in [6, 6.07) is 11.2. The van der Waals surface area contributed by atoms with Crippen molar-refractivity contribution in [2.24, 2.45) is 0 Å². The van der Waals surface area contributed by atoms with E-state index in [9.17, 15) is 0 Å². The highest BCUT2D eigenvalue weighted by Crippen LogP contribution is 2.36. The van der Waals surface area contributed by atoms with Gasteiger partial charge in [0, 0.05) is 31.2 Å². The lowest BCUT2D eigenvalue weighted by molar-refractivity contribution is -0.645. The zero-order chi connectivity index (χ0) is 20.9. The molecule has 1 unspecified atom stereocenters. The maximum atomic E-state index is 6.04. The Kier molecular flexibility index (Phi) is 5.94. The molecule has 156 valence electrons. The van der Waals surface area contributed by atoms with Crippen LogP contribution in [0, 0.1) is 6.92 Å². The molecule has 8 nitrogen and oxygen atoms in total. The van der Waals surface area contributed by atoms with Gasteiger partial charge in [-0.3, -0.25) is 0 Å². The van der Waals surface area contributed by atoms with Crippen LogP contribution in [0.25, 0.3) is 11.4 Å². The summed E-state index contributed by atoms with van der Waals surface area (Å²) >= 11 is 0. The van der Waals surface area contributed by atoms with Gasteiger partial charge in [0.05, 0.1) is 19.4 Å². The fourth-order valence-electron chi connectivity index (χ4n) is 3.20. The van der Waals surface area contributed by atoms with Crippen molar-refractivity contribution < 1.29 is 23.6 Å². The van der Waals surface area contributed by atoms with E-state index in [1.165, 1.54) is 4.68 Å². The van der Waals surface area contributed by atoms with Crippen molar-refractivity contribution >= 4 is 0 Å². The third-order valence-corrected chi connectivity index (χ3v) is 4.89. The number of nitrogens with two attached hydrogens (primary N) is 1. The molecule has 2 N–H and O–H groups in total. The van der Waals surface area contributed by atoms with Crippen molar-refractivity contribution in [3.05, 3.63) is 54.5 Å². The van der Waals surface area contributed by atoms with Crippen LogP contribution in [0.3, 0.4) is 0 Å². The van der Waals surface area contributed by atoms with Gasteiger partial charge in [0.1, 0.15) is 6.61 Å². The largest absolute Gasteiger partial charge is 0.493 e. The van der Waals surface area contributed by atoms with E-state index in [1.54, 1.807) is 19.5 Å². The molecule has 1 atom stereocenters. The van der Waals surface area contributed by atoms with Crippen LogP contribution in [-0.2, 0) is 4.74 Å². The van der Waals surface area contributed by atoms with Crippen LogP contribution < -0.4 is 24.7 Å². The number of benzene rings is 1. The van der Waals surface area contributed by atoms with E-state index in [4.69, 9.17) is 24.8 Å². The average molecular weight is 409 g/mol. The number of pyridine rings is 1. The first kappa shape index (κ1) is 19.9. The molecule has 3 aromatic rings. The van der Waals surface area contributed by atoms with Gasteiger partial charge in [0.2, 0.25) is 11.4 Å². The van der Waals surface area contributed by atoms with Gasteiger partial charge in [0.25, 0.3) is 5.88 Å². The maximum Gasteiger partial charge on any atom is 0.261 e. The monoisotopic (exact) mass is 409 g/mol. The van der Waals surface area contributed by atoms with Crippen LogP contribution in [0.1, 0.15) is 18.5 Å². The number of rotatable bonds is 7. The number of nitrogens with zero attached hydrogens (tertiary/aromatic N) is 3. The van der Waals surface area contributed by atoms with Crippen LogP contribution in [0.15, 0.2) is 48.8 Å². The van der Waals surface area contributed by atoms with Crippen LogP contribution in [-0.4, -0.2) is 36.4 Å². The summed E-state index contributed by atoms with van der Waals surface area (Å²) in [5, 5.41) is 0. The predicted octanol–water partition coefficient (Wildman–Crippen LogP) is 2.81. The number of hydrogen-bond acceptors (Lipinski definition) is 7. The third-order valence-electron chi connectivity index (χ3n) is 4.89. The van der Waals surface area contributed by atoms with Crippen molar-refractivity contribution in [3.63, 3.8) is 0 Å². The summed E-state index contributed by atoms with van der Waals surface area (Å²) in [6.07, 6.45) is 5.43. The number of ether oxygens (including phenoxy) is 4. The van der Waals surface area contributed by atoms with Crippen LogP contribution in [0.2, 0.25) is 0 Å². The number of aryl methyl sites for hydroxylation is 1. The summed E-state index contributed by atoms with van der Waals surface area (Å²) in [6.45, 7) is 3.07. The molecule has 1 fully saturated rings. The van der Waals surface area contributed by atoms with Crippen molar-refractivity contribution in [2.75, 3.05) is 26.2 Å². The molecule has 3 heterocycles. The summed E-state index contributed by atoms with van der Waals surface area (Å²) in [7, 11) is 1.60. The Bertz CT molecular complexity index is 1020. The first-order valence-electron chi connectivity index (χ1n) is 9.84. The summed E-state index contributed by atoms with van der Waals surface area (Å²) in [5.41, 5.74) is 1.72. The zero-order valence-corrected chi connectivity index (χ0v) is 17.1. The molecule has 30 heavy (non-hydrogen) atoms. The van der Waals surface area contributed by atoms with E-state index in [-0.39, 0.29) is 6.10 Å². The Labute approximate surface area is 175 Å². The third kappa shape index (κ3) is 4.44. The smallest absolute Gasteiger partial charge is 0.261 e. The average Bonchev–Trinajstić information content (AvgIpc) is 3.29. The van der Waals surface area contributed by atoms with E-state index in [2.05, 4.69) is 9.97 Å². The van der Waals surface area contributed by atoms with Gasteiger partial charge in [-0.1, -0.05) is 16.8 Å². The Hall–Kier alpha value is -3.39. The van der Waals surface area contributed by atoms with Gasteiger partial charge in [-0.2, -0.15) is 4.98 Å². The Morgan fingerprint density at radius 1 is 1.20 bits per heavy atom. The van der Waals surface area contributed by atoms with Crippen LogP contribution >= 0.6 is 0 Å². The van der Waals surface area contributed by atoms with Gasteiger partial charge in [-0.05, 0) is 25.0 Å². The van der Waals surface area contributed by atoms with Gasteiger partial charge in [-0.15, -0.1) is 0 Å². The van der Waals surface area contributed by atoms with E-state index in [1.807, 2.05) is 43.3 Å². The predicted molar refractivity (Wildman–Crippen MR) is 110 cm³/mol. The molecule has 0 spiro atoms. The van der Waals surface area contributed by atoms with Crippen molar-refractivity contribution in [1.82, 2.24) is 9.97 Å². The van der Waals surface area contributed by atoms with Crippen molar-refractivity contribution in [2.45, 2.75) is 25.9 Å². The number of para-hydroxylation sites is 2. The second-order valence-electron chi connectivity index (χ2n) is 7.03.